The second-order valence-electron chi connectivity index (χ2n) is 10.9. The smallest absolute Gasteiger partial charge is 0.312 e. The molecule has 0 aliphatic carbocycles. The molecule has 0 N–H and O–H groups in total. The number of hydrogen-bond acceptors (Lipinski definition) is 1. The van der Waals surface area contributed by atoms with Crippen molar-refractivity contribution < 1.29 is 4.43 Å². The van der Waals surface area contributed by atoms with Gasteiger partial charge in [0, 0.05) is 0 Å². The van der Waals surface area contributed by atoms with Gasteiger partial charge in [-0.3, -0.25) is 0 Å². The van der Waals surface area contributed by atoms with E-state index in [1.807, 2.05) is 12.1 Å². The molecule has 2 heteroatoms. The van der Waals surface area contributed by atoms with Crippen molar-refractivity contribution in [1.82, 2.24) is 0 Å². The molecule has 0 fully saturated rings. The van der Waals surface area contributed by atoms with E-state index in [1.165, 1.54) is 27.1 Å². The Morgan fingerprint density at radius 3 is 1.69 bits per heavy atom. The van der Waals surface area contributed by atoms with Gasteiger partial charge in [-0.15, -0.1) is 6.58 Å². The van der Waals surface area contributed by atoms with Crippen LogP contribution in [0, 0.1) is 0 Å². The zero-order chi connectivity index (χ0) is 23.6. The maximum atomic E-state index is 7.06. The van der Waals surface area contributed by atoms with E-state index in [4.69, 9.17) is 4.43 Å². The van der Waals surface area contributed by atoms with Gasteiger partial charge in [0.2, 0.25) is 0 Å². The van der Waals surface area contributed by atoms with Gasteiger partial charge >= 0.3 is 8.32 Å². The Morgan fingerprint density at radius 1 is 0.781 bits per heavy atom. The highest BCUT2D eigenvalue weighted by atomic mass is 28.4. The number of hydrogen-bond donors (Lipinski definition) is 0. The van der Waals surface area contributed by atoms with Crippen LogP contribution in [0.4, 0.5) is 0 Å². The molecule has 0 aliphatic heterocycles. The molecule has 3 aromatic carbocycles. The van der Waals surface area contributed by atoms with Crippen molar-refractivity contribution in [3.8, 4) is 5.75 Å². The minimum Gasteiger partial charge on any atom is -0.535 e. The van der Waals surface area contributed by atoms with Gasteiger partial charge in [0.1, 0.15) is 5.75 Å². The molecule has 0 heterocycles. The van der Waals surface area contributed by atoms with E-state index in [1.54, 1.807) is 0 Å². The first kappa shape index (κ1) is 24.1. The second-order valence-corrected chi connectivity index (χ2v) is 14.2. The van der Waals surface area contributed by atoms with Gasteiger partial charge in [-0.2, -0.15) is 0 Å². The van der Waals surface area contributed by atoms with Crippen molar-refractivity contribution in [2.24, 2.45) is 0 Å². The lowest BCUT2D eigenvalue weighted by Gasteiger charge is -2.39. The molecule has 3 rings (SSSR count). The lowest BCUT2D eigenvalue weighted by atomic mass is 9.79. The Labute approximate surface area is 196 Å². The molecular formula is C30H38OSi. The first-order valence-electron chi connectivity index (χ1n) is 11.6. The van der Waals surface area contributed by atoms with Gasteiger partial charge < -0.3 is 4.43 Å². The fourth-order valence-corrected chi connectivity index (χ4v) is 8.28. The third-order valence-electron chi connectivity index (χ3n) is 6.06. The average Bonchev–Trinajstić information content (AvgIpc) is 2.73. The van der Waals surface area contributed by atoms with Crippen LogP contribution in [0.5, 0.6) is 5.75 Å². The molecule has 0 aliphatic rings. The summed E-state index contributed by atoms with van der Waals surface area (Å²) in [5, 5.41) is 2.69. The van der Waals surface area contributed by atoms with E-state index < -0.39 is 8.32 Å². The highest BCUT2D eigenvalue weighted by Crippen LogP contribution is 2.32. The van der Waals surface area contributed by atoms with Crippen LogP contribution in [0.1, 0.15) is 58.2 Å². The van der Waals surface area contributed by atoms with Crippen LogP contribution in [-0.4, -0.2) is 8.32 Å². The summed E-state index contributed by atoms with van der Waals surface area (Å²) in [5.74, 6) is 0.931. The van der Waals surface area contributed by atoms with Crippen LogP contribution in [-0.2, 0) is 17.3 Å². The van der Waals surface area contributed by atoms with Crippen molar-refractivity contribution in [2.75, 3.05) is 0 Å². The van der Waals surface area contributed by atoms with Gasteiger partial charge in [0.05, 0.1) is 0 Å². The van der Waals surface area contributed by atoms with E-state index in [-0.39, 0.29) is 10.8 Å². The maximum Gasteiger partial charge on any atom is 0.312 e. The molecule has 32 heavy (non-hydrogen) atoms. The number of rotatable bonds is 6. The molecule has 3 aromatic rings. The number of benzene rings is 3. The van der Waals surface area contributed by atoms with Crippen molar-refractivity contribution in [3.63, 3.8) is 0 Å². The van der Waals surface area contributed by atoms with Gasteiger partial charge in [-0.05, 0) is 63.0 Å². The third kappa shape index (κ3) is 5.07. The summed E-state index contributed by atoms with van der Waals surface area (Å²) in [6.45, 7) is 20.3. The molecule has 0 saturated carbocycles. The molecule has 0 radical (unpaired) electrons. The zero-order valence-electron chi connectivity index (χ0n) is 20.8. The summed E-state index contributed by atoms with van der Waals surface area (Å²) in [7, 11) is -2.62. The first-order valence-corrected chi connectivity index (χ1v) is 14.0. The molecule has 1 atom stereocenters. The van der Waals surface area contributed by atoms with E-state index in [2.05, 4.69) is 121 Å². The average molecular weight is 443 g/mol. The quantitative estimate of drug-likeness (QED) is 0.302. The molecular weight excluding hydrogens is 404 g/mol. The largest absolute Gasteiger partial charge is 0.535 e. The van der Waals surface area contributed by atoms with E-state index in [9.17, 15) is 0 Å². The summed E-state index contributed by atoms with van der Waals surface area (Å²) in [6, 6.07) is 25.9. The predicted octanol–water partition coefficient (Wildman–Crippen LogP) is 6.78. The van der Waals surface area contributed by atoms with Gasteiger partial charge in [-0.25, -0.2) is 0 Å². The summed E-state index contributed by atoms with van der Waals surface area (Å²) in [4.78, 5) is 0. The van der Waals surface area contributed by atoms with Crippen molar-refractivity contribution >= 4 is 18.7 Å². The molecule has 0 amide bonds. The summed E-state index contributed by atoms with van der Waals surface area (Å²) >= 11 is 0. The Kier molecular flexibility index (Phi) is 6.85. The van der Waals surface area contributed by atoms with Crippen LogP contribution >= 0.6 is 0 Å². The van der Waals surface area contributed by atoms with Crippen molar-refractivity contribution in [1.29, 1.82) is 0 Å². The van der Waals surface area contributed by atoms with Crippen LogP contribution < -0.4 is 14.8 Å². The molecule has 1 nitrogen and oxygen atoms in total. The topological polar surface area (TPSA) is 9.23 Å². The maximum absolute atomic E-state index is 7.06. The molecule has 0 bridgehead atoms. The van der Waals surface area contributed by atoms with Crippen LogP contribution in [0.15, 0.2) is 85.5 Å². The molecule has 0 spiro atoms. The van der Waals surface area contributed by atoms with E-state index in [0.29, 0.717) is 0 Å². The molecule has 1 unspecified atom stereocenters. The Bertz CT molecular complexity index is 1020. The standard InChI is InChI=1S/C30H38OSi/c1-9-16-23-21-26(29(2,3)4)28(27(22-23)30(5,6)7)32(8,25-19-14-11-15-20-25)31-24-17-12-10-13-18-24/h9-15,17-22H,1,16H2,2-8H3. The zero-order valence-corrected chi connectivity index (χ0v) is 21.8. The fraction of sp³-hybridized carbons (Fsp3) is 0.333. The molecule has 168 valence electrons. The number of allylic oxidation sites excluding steroid dienone is 1. The predicted molar refractivity (Wildman–Crippen MR) is 142 cm³/mol. The normalized spacial score (nSPS) is 14.0. The van der Waals surface area contributed by atoms with Gasteiger partial charge in [-0.1, -0.05) is 108 Å². The molecule has 0 saturated heterocycles. The lowest BCUT2D eigenvalue weighted by molar-refractivity contribution is 0.550. The molecule has 0 aromatic heterocycles. The van der Waals surface area contributed by atoms with Crippen molar-refractivity contribution in [3.05, 3.63) is 102 Å². The number of para-hydroxylation sites is 1. The minimum absolute atomic E-state index is 0.0183. The van der Waals surface area contributed by atoms with Gasteiger partial charge in [0.15, 0.2) is 0 Å². The second kappa shape index (κ2) is 9.11. The van der Waals surface area contributed by atoms with Crippen LogP contribution in [0.3, 0.4) is 0 Å². The van der Waals surface area contributed by atoms with Gasteiger partial charge in [0.25, 0.3) is 0 Å². The minimum atomic E-state index is -2.62. The monoisotopic (exact) mass is 442 g/mol. The highest BCUT2D eigenvalue weighted by molar-refractivity contribution is 6.97. The van der Waals surface area contributed by atoms with Crippen LogP contribution in [0.2, 0.25) is 6.55 Å². The summed E-state index contributed by atoms with van der Waals surface area (Å²) in [6.07, 6.45) is 2.87. The van der Waals surface area contributed by atoms with Crippen LogP contribution in [0.25, 0.3) is 0 Å². The van der Waals surface area contributed by atoms with E-state index in [0.717, 1.165) is 12.2 Å². The third-order valence-corrected chi connectivity index (χ3v) is 9.63. The first-order chi connectivity index (χ1) is 15.0. The SMILES string of the molecule is C=CCc1cc(C(C)(C)C)c([Si](C)(Oc2ccccc2)c2ccccc2)c(C(C)(C)C)c1. The Hall–Kier alpha value is -2.58. The lowest BCUT2D eigenvalue weighted by Crippen LogP contribution is -2.64. The van der Waals surface area contributed by atoms with E-state index >= 15 is 0 Å². The Morgan fingerprint density at radius 2 is 1.25 bits per heavy atom. The van der Waals surface area contributed by atoms with Crippen molar-refractivity contribution in [2.45, 2.75) is 65.3 Å². The fourth-order valence-electron chi connectivity index (χ4n) is 4.42. The highest BCUT2D eigenvalue weighted by Gasteiger charge is 2.43. The summed E-state index contributed by atoms with van der Waals surface area (Å²) in [5.41, 5.74) is 4.06. The summed E-state index contributed by atoms with van der Waals surface area (Å²) < 4.78 is 7.06. The Balaban J connectivity index is 2.43.